The number of halogens is 1. The molecule has 0 aliphatic rings. The van der Waals surface area contributed by atoms with E-state index >= 15 is 0 Å². The van der Waals surface area contributed by atoms with Crippen molar-refractivity contribution in [3.05, 3.63) is 48.6 Å². The van der Waals surface area contributed by atoms with Gasteiger partial charge in [-0.2, -0.15) is 5.26 Å². The largest absolute Gasteiger partial charge is 0.369 e. The van der Waals surface area contributed by atoms with Crippen LogP contribution in [0.4, 0.5) is 0 Å². The van der Waals surface area contributed by atoms with Crippen molar-refractivity contribution in [2.24, 2.45) is 5.41 Å². The Labute approximate surface area is 139 Å². The van der Waals surface area contributed by atoms with Crippen molar-refractivity contribution in [1.29, 1.82) is 5.26 Å². The third-order valence-corrected chi connectivity index (χ3v) is 4.45. The number of hydrogen-bond donors (Lipinski definition) is 0. The van der Waals surface area contributed by atoms with Crippen LogP contribution in [-0.4, -0.2) is 12.0 Å². The minimum Gasteiger partial charge on any atom is -0.369 e. The fourth-order valence-corrected chi connectivity index (χ4v) is 2.67. The number of ether oxygens (including phenoxy) is 1. The van der Waals surface area contributed by atoms with Crippen LogP contribution in [0, 0.1) is 16.7 Å². The molecule has 1 aromatic carbocycles. The predicted molar refractivity (Wildman–Crippen MR) is 92.7 cm³/mol. The van der Waals surface area contributed by atoms with Gasteiger partial charge in [0, 0.05) is 5.88 Å². The summed E-state index contributed by atoms with van der Waals surface area (Å²) in [6, 6.07) is 12.6. The molecule has 1 aromatic rings. The van der Waals surface area contributed by atoms with E-state index in [9.17, 15) is 5.26 Å². The van der Waals surface area contributed by atoms with Crippen LogP contribution in [0.25, 0.3) is 0 Å². The van der Waals surface area contributed by atoms with Crippen LogP contribution in [0.15, 0.2) is 43.0 Å². The molecule has 1 rings (SSSR count). The highest BCUT2D eigenvalue weighted by Gasteiger charge is 2.28. The summed E-state index contributed by atoms with van der Waals surface area (Å²) in [5.74, 6) is 0.610. The van der Waals surface area contributed by atoms with Crippen molar-refractivity contribution < 1.29 is 4.74 Å². The van der Waals surface area contributed by atoms with E-state index in [1.165, 1.54) is 0 Å². The van der Waals surface area contributed by atoms with Crippen LogP contribution in [0.2, 0.25) is 0 Å². The molecule has 0 aromatic heterocycles. The molecule has 0 bridgehead atoms. The molecule has 120 valence electrons. The number of nitriles is 1. The smallest absolute Gasteiger partial charge is 0.0758 e. The molecular formula is C19H26ClNO. The summed E-state index contributed by atoms with van der Waals surface area (Å²) in [5.41, 5.74) is 0.866. The quantitative estimate of drug-likeness (QED) is 0.400. The van der Waals surface area contributed by atoms with Gasteiger partial charge in [0.05, 0.1) is 24.2 Å². The third-order valence-electron chi connectivity index (χ3n) is 4.18. The maximum atomic E-state index is 9.54. The zero-order valence-corrected chi connectivity index (χ0v) is 14.2. The van der Waals surface area contributed by atoms with Crippen molar-refractivity contribution in [2.45, 2.75) is 51.7 Å². The van der Waals surface area contributed by atoms with E-state index < -0.39 is 0 Å². The molecule has 2 atom stereocenters. The monoisotopic (exact) mass is 319 g/mol. The number of alkyl halides is 1. The summed E-state index contributed by atoms with van der Waals surface area (Å²) in [5, 5.41) is 9.54. The minimum atomic E-state index is -0.285. The summed E-state index contributed by atoms with van der Waals surface area (Å²) in [6.07, 6.45) is 6.04. The van der Waals surface area contributed by atoms with Crippen molar-refractivity contribution in [2.75, 3.05) is 5.88 Å². The average molecular weight is 320 g/mol. The zero-order valence-electron chi connectivity index (χ0n) is 13.4. The molecule has 3 heteroatoms. The van der Waals surface area contributed by atoms with E-state index in [4.69, 9.17) is 16.3 Å². The van der Waals surface area contributed by atoms with Gasteiger partial charge in [-0.3, -0.25) is 0 Å². The fourth-order valence-electron chi connectivity index (χ4n) is 2.54. The highest BCUT2D eigenvalue weighted by Crippen LogP contribution is 2.34. The zero-order chi connectivity index (χ0) is 16.3. The molecule has 2 unspecified atom stereocenters. The van der Waals surface area contributed by atoms with Crippen LogP contribution in [0.5, 0.6) is 0 Å². The van der Waals surface area contributed by atoms with Gasteiger partial charge >= 0.3 is 0 Å². The molecule has 0 N–H and O–H groups in total. The van der Waals surface area contributed by atoms with E-state index in [1.54, 1.807) is 0 Å². The van der Waals surface area contributed by atoms with Gasteiger partial charge in [-0.05, 0) is 37.7 Å². The fraction of sp³-hybridized carbons (Fsp3) is 0.526. The van der Waals surface area contributed by atoms with Gasteiger partial charge in [-0.25, -0.2) is 0 Å². The Morgan fingerprint density at radius 3 is 2.64 bits per heavy atom. The van der Waals surface area contributed by atoms with E-state index in [2.05, 4.69) is 19.6 Å². The van der Waals surface area contributed by atoms with E-state index in [1.807, 2.05) is 36.4 Å². The van der Waals surface area contributed by atoms with Crippen LogP contribution < -0.4 is 0 Å². The first-order valence-electron chi connectivity index (χ1n) is 7.95. The standard InChI is InChI=1S/C19H26ClNO/c1-3-18(22-15-17-9-6-5-7-10-17)11-13-19(4-2,16-21)12-8-14-20/h3,5-7,9-10,18H,1,4,8,11-15H2,2H3. The molecule has 0 amide bonds. The van der Waals surface area contributed by atoms with Gasteiger partial charge in [0.15, 0.2) is 0 Å². The van der Waals surface area contributed by atoms with E-state index in [-0.39, 0.29) is 11.5 Å². The normalized spacial score (nSPS) is 14.8. The van der Waals surface area contributed by atoms with Gasteiger partial charge in [-0.1, -0.05) is 43.3 Å². The average Bonchev–Trinajstić information content (AvgIpc) is 2.59. The summed E-state index contributed by atoms with van der Waals surface area (Å²) in [4.78, 5) is 0. The number of rotatable bonds is 11. The van der Waals surface area contributed by atoms with Gasteiger partial charge in [-0.15, -0.1) is 18.2 Å². The molecule has 0 saturated heterocycles. The first-order chi connectivity index (χ1) is 10.7. The Hall–Kier alpha value is -1.30. The van der Waals surface area contributed by atoms with Gasteiger partial charge in [0.1, 0.15) is 0 Å². The van der Waals surface area contributed by atoms with Crippen molar-refractivity contribution in [3.63, 3.8) is 0 Å². The minimum absolute atomic E-state index is 0.0181. The maximum absolute atomic E-state index is 9.54. The molecule has 0 fully saturated rings. The van der Waals surface area contributed by atoms with Crippen LogP contribution >= 0.6 is 11.6 Å². The van der Waals surface area contributed by atoms with Gasteiger partial charge in [0.2, 0.25) is 0 Å². The number of benzene rings is 1. The number of nitrogens with zero attached hydrogens (tertiary/aromatic N) is 1. The van der Waals surface area contributed by atoms with Crippen LogP contribution in [0.3, 0.4) is 0 Å². The lowest BCUT2D eigenvalue weighted by atomic mass is 9.77. The summed E-state index contributed by atoms with van der Waals surface area (Å²) in [6.45, 7) is 6.51. The highest BCUT2D eigenvalue weighted by atomic mass is 35.5. The van der Waals surface area contributed by atoms with Crippen LogP contribution in [0.1, 0.15) is 44.6 Å². The Morgan fingerprint density at radius 2 is 2.09 bits per heavy atom. The Kier molecular flexibility index (Phi) is 8.89. The second-order valence-corrected chi connectivity index (χ2v) is 6.03. The van der Waals surface area contributed by atoms with Crippen molar-refractivity contribution in [3.8, 4) is 6.07 Å². The van der Waals surface area contributed by atoms with Crippen LogP contribution in [-0.2, 0) is 11.3 Å². The molecule has 0 heterocycles. The van der Waals surface area contributed by atoms with E-state index in [0.717, 1.165) is 37.7 Å². The van der Waals surface area contributed by atoms with Crippen molar-refractivity contribution in [1.82, 2.24) is 0 Å². The van der Waals surface area contributed by atoms with Gasteiger partial charge in [0.25, 0.3) is 0 Å². The van der Waals surface area contributed by atoms with E-state index in [0.29, 0.717) is 12.5 Å². The molecular weight excluding hydrogens is 294 g/mol. The Bertz CT molecular complexity index is 468. The highest BCUT2D eigenvalue weighted by molar-refractivity contribution is 6.17. The topological polar surface area (TPSA) is 33.0 Å². The Morgan fingerprint density at radius 1 is 1.36 bits per heavy atom. The SMILES string of the molecule is C=CC(CCC(C#N)(CC)CCCCl)OCc1ccccc1. The Balaban J connectivity index is 2.50. The first-order valence-corrected chi connectivity index (χ1v) is 8.48. The number of hydrogen-bond acceptors (Lipinski definition) is 2. The summed E-state index contributed by atoms with van der Waals surface area (Å²) in [7, 11) is 0. The summed E-state index contributed by atoms with van der Waals surface area (Å²) >= 11 is 5.78. The molecule has 0 saturated carbocycles. The lowest BCUT2D eigenvalue weighted by molar-refractivity contribution is 0.0582. The molecule has 22 heavy (non-hydrogen) atoms. The molecule has 0 radical (unpaired) electrons. The first kappa shape index (κ1) is 18.7. The lowest BCUT2D eigenvalue weighted by Gasteiger charge is -2.26. The van der Waals surface area contributed by atoms with Gasteiger partial charge < -0.3 is 4.74 Å². The lowest BCUT2D eigenvalue weighted by Crippen LogP contribution is -2.21. The summed E-state index contributed by atoms with van der Waals surface area (Å²) < 4.78 is 5.91. The second-order valence-electron chi connectivity index (χ2n) is 5.65. The third kappa shape index (κ3) is 6.22. The molecule has 0 aliphatic heterocycles. The predicted octanol–water partition coefficient (Wildman–Crippen LogP) is 5.48. The molecule has 2 nitrogen and oxygen atoms in total. The van der Waals surface area contributed by atoms with Crippen molar-refractivity contribution >= 4 is 11.6 Å². The molecule has 0 spiro atoms. The second kappa shape index (κ2) is 10.4. The maximum Gasteiger partial charge on any atom is 0.0758 e. The molecule has 0 aliphatic carbocycles.